The third-order valence-electron chi connectivity index (χ3n) is 4.46. The average Bonchev–Trinajstić information content (AvgIpc) is 3.06. The Balaban J connectivity index is 2.29. The molecular formula is C14H10N4O3. The minimum atomic E-state index is -1.92. The smallest absolute Gasteiger partial charge is 0.245 e. The van der Waals surface area contributed by atoms with E-state index in [0.29, 0.717) is 5.76 Å². The third-order valence-corrected chi connectivity index (χ3v) is 4.46. The van der Waals surface area contributed by atoms with Crippen LogP contribution in [0.4, 0.5) is 0 Å². The van der Waals surface area contributed by atoms with Gasteiger partial charge >= 0.3 is 0 Å². The van der Waals surface area contributed by atoms with Crippen molar-refractivity contribution >= 4 is 5.91 Å². The minimum Gasteiger partial charge on any atom is -0.469 e. The molecule has 0 unspecified atom stereocenters. The van der Waals surface area contributed by atoms with Gasteiger partial charge in [-0.05, 0) is 12.1 Å². The normalized spacial score (nSPS) is 36.1. The van der Waals surface area contributed by atoms with E-state index >= 15 is 0 Å². The molecule has 1 aromatic heterocycles. The molecule has 1 saturated heterocycles. The first-order valence-corrected chi connectivity index (χ1v) is 6.29. The number of nitrogens with zero attached hydrogens (tertiary/aromatic N) is 3. The van der Waals surface area contributed by atoms with E-state index in [1.54, 1.807) is 12.1 Å². The number of amides is 1. The minimum absolute atomic E-state index is 0.0587. The van der Waals surface area contributed by atoms with Crippen LogP contribution in [0.25, 0.3) is 0 Å². The quantitative estimate of drug-likeness (QED) is 0.771. The fourth-order valence-corrected chi connectivity index (χ4v) is 3.46. The lowest BCUT2D eigenvalue weighted by Crippen LogP contribution is -2.52. The summed E-state index contributed by atoms with van der Waals surface area (Å²) < 4.78 is 5.26. The van der Waals surface area contributed by atoms with Crippen molar-refractivity contribution in [2.45, 2.75) is 24.5 Å². The molecule has 1 aliphatic heterocycles. The van der Waals surface area contributed by atoms with E-state index in [4.69, 9.17) is 4.42 Å². The van der Waals surface area contributed by atoms with Gasteiger partial charge in [-0.1, -0.05) is 0 Å². The van der Waals surface area contributed by atoms with E-state index in [0.717, 1.165) is 0 Å². The van der Waals surface area contributed by atoms with Crippen LogP contribution >= 0.6 is 0 Å². The van der Waals surface area contributed by atoms with Gasteiger partial charge in [-0.25, -0.2) is 0 Å². The topological polar surface area (TPSA) is 134 Å². The number of nitriles is 3. The summed E-state index contributed by atoms with van der Waals surface area (Å²) in [4.78, 5) is 12.2. The maximum Gasteiger partial charge on any atom is 0.245 e. The Morgan fingerprint density at radius 1 is 1.33 bits per heavy atom. The highest BCUT2D eigenvalue weighted by Crippen LogP contribution is 2.62. The number of fused-ring (bicyclic) bond motifs is 2. The molecular weight excluding hydrogens is 272 g/mol. The Hall–Kier alpha value is -2.82. The number of nitrogens with one attached hydrogen (secondary N) is 1. The van der Waals surface area contributed by atoms with Gasteiger partial charge in [0.15, 0.2) is 10.8 Å². The molecule has 2 fully saturated rings. The van der Waals surface area contributed by atoms with E-state index in [-0.39, 0.29) is 12.8 Å². The Morgan fingerprint density at radius 3 is 2.57 bits per heavy atom. The summed E-state index contributed by atoms with van der Waals surface area (Å²) in [7, 11) is 0. The molecule has 1 saturated carbocycles. The first-order chi connectivity index (χ1) is 9.97. The van der Waals surface area contributed by atoms with E-state index in [2.05, 4.69) is 5.32 Å². The van der Waals surface area contributed by atoms with Crippen LogP contribution in [0.5, 0.6) is 0 Å². The van der Waals surface area contributed by atoms with Crippen molar-refractivity contribution in [3.8, 4) is 18.2 Å². The molecule has 0 spiro atoms. The van der Waals surface area contributed by atoms with Crippen molar-refractivity contribution < 1.29 is 14.3 Å². The third kappa shape index (κ3) is 1.35. The predicted octanol–water partition coefficient (Wildman–Crippen LogP) is 0.519. The Bertz CT molecular complexity index is 722. The summed E-state index contributed by atoms with van der Waals surface area (Å²) in [6, 6.07) is 8.68. The molecule has 104 valence electrons. The summed E-state index contributed by atoms with van der Waals surface area (Å²) in [6.07, 6.45) is 1.04. The number of carbonyl (C=O) groups excluding carboxylic acids is 1. The van der Waals surface area contributed by atoms with Gasteiger partial charge in [0.05, 0.1) is 30.4 Å². The molecule has 1 aliphatic carbocycles. The Labute approximate surface area is 120 Å². The number of furan rings is 1. The standard InChI is InChI=1S/C14H10N4O3/c15-6-12-5-14(20,18-11(12)19)4-9(10-2-1-3-21-10)13(12,7-16)8-17/h1-3,9,20H,4-5H2,(H,18,19)/t9-,12+,14-/m1/s1. The van der Waals surface area contributed by atoms with E-state index in [1.165, 1.54) is 6.26 Å². The summed E-state index contributed by atoms with van der Waals surface area (Å²) in [5.41, 5.74) is -5.44. The van der Waals surface area contributed by atoms with Gasteiger partial charge < -0.3 is 14.8 Å². The second-order valence-corrected chi connectivity index (χ2v) is 5.48. The lowest BCUT2D eigenvalue weighted by molar-refractivity contribution is -0.128. The van der Waals surface area contributed by atoms with Gasteiger partial charge in [-0.2, -0.15) is 15.8 Å². The van der Waals surface area contributed by atoms with Crippen molar-refractivity contribution in [1.29, 1.82) is 15.8 Å². The van der Waals surface area contributed by atoms with Crippen LogP contribution in [0.1, 0.15) is 24.5 Å². The van der Waals surface area contributed by atoms with Crippen LogP contribution in [0.15, 0.2) is 22.8 Å². The van der Waals surface area contributed by atoms with Gasteiger partial charge in [0.2, 0.25) is 5.91 Å². The maximum absolute atomic E-state index is 12.2. The van der Waals surface area contributed by atoms with Crippen LogP contribution in [0, 0.1) is 44.8 Å². The van der Waals surface area contributed by atoms with Gasteiger partial charge in [0.1, 0.15) is 11.5 Å². The van der Waals surface area contributed by atoms with Crippen LogP contribution < -0.4 is 5.32 Å². The molecule has 1 aromatic rings. The van der Waals surface area contributed by atoms with Crippen LogP contribution in [0.2, 0.25) is 0 Å². The van der Waals surface area contributed by atoms with E-state index < -0.39 is 28.4 Å². The zero-order valence-electron chi connectivity index (χ0n) is 10.8. The number of hydrogen-bond acceptors (Lipinski definition) is 6. The van der Waals surface area contributed by atoms with Gasteiger partial charge in [0, 0.05) is 12.8 Å². The Morgan fingerprint density at radius 2 is 2.05 bits per heavy atom. The summed E-state index contributed by atoms with van der Waals surface area (Å²) in [5, 5.41) is 41.5. The molecule has 2 N–H and O–H groups in total. The molecule has 7 heteroatoms. The number of aliphatic hydroxyl groups is 1. The number of hydrogen-bond donors (Lipinski definition) is 2. The highest BCUT2D eigenvalue weighted by Gasteiger charge is 2.74. The second-order valence-electron chi connectivity index (χ2n) is 5.48. The molecule has 2 bridgehead atoms. The molecule has 2 heterocycles. The molecule has 21 heavy (non-hydrogen) atoms. The molecule has 0 radical (unpaired) electrons. The van der Waals surface area contributed by atoms with Crippen LogP contribution in [-0.4, -0.2) is 16.7 Å². The van der Waals surface area contributed by atoms with Gasteiger partial charge in [-0.3, -0.25) is 4.79 Å². The second kappa shape index (κ2) is 3.85. The van der Waals surface area contributed by atoms with Crippen LogP contribution in [-0.2, 0) is 4.79 Å². The predicted molar refractivity (Wildman–Crippen MR) is 65.5 cm³/mol. The van der Waals surface area contributed by atoms with Crippen molar-refractivity contribution in [2.75, 3.05) is 0 Å². The highest BCUT2D eigenvalue weighted by molar-refractivity contribution is 5.91. The van der Waals surface area contributed by atoms with Crippen molar-refractivity contribution in [2.24, 2.45) is 10.8 Å². The zero-order chi connectivity index (χ0) is 15.3. The maximum atomic E-state index is 12.2. The fourth-order valence-electron chi connectivity index (χ4n) is 3.46. The molecule has 0 aromatic carbocycles. The van der Waals surface area contributed by atoms with Crippen LogP contribution in [0.3, 0.4) is 0 Å². The summed E-state index contributed by atoms with van der Waals surface area (Å²) >= 11 is 0. The van der Waals surface area contributed by atoms with E-state index in [1.807, 2.05) is 18.2 Å². The van der Waals surface area contributed by atoms with Crippen molar-refractivity contribution in [3.05, 3.63) is 24.2 Å². The monoisotopic (exact) mass is 282 g/mol. The van der Waals surface area contributed by atoms with Crippen molar-refractivity contribution in [1.82, 2.24) is 5.32 Å². The van der Waals surface area contributed by atoms with E-state index in [9.17, 15) is 25.7 Å². The zero-order valence-corrected chi connectivity index (χ0v) is 10.8. The average molecular weight is 282 g/mol. The fraction of sp³-hybridized carbons (Fsp3) is 0.429. The van der Waals surface area contributed by atoms with Gasteiger partial charge in [0.25, 0.3) is 0 Å². The largest absolute Gasteiger partial charge is 0.469 e. The summed E-state index contributed by atoms with van der Waals surface area (Å²) in [6.45, 7) is 0. The molecule has 3 rings (SSSR count). The number of carbonyl (C=O) groups is 1. The highest BCUT2D eigenvalue weighted by atomic mass is 16.3. The summed E-state index contributed by atoms with van der Waals surface area (Å²) in [5.74, 6) is -1.36. The van der Waals surface area contributed by atoms with Gasteiger partial charge in [-0.15, -0.1) is 0 Å². The lowest BCUT2D eigenvalue weighted by Gasteiger charge is -2.42. The molecule has 7 nitrogen and oxygen atoms in total. The molecule has 1 amide bonds. The molecule has 3 atom stereocenters. The molecule has 2 aliphatic rings. The number of rotatable bonds is 1. The first-order valence-electron chi connectivity index (χ1n) is 6.29. The van der Waals surface area contributed by atoms with Crippen molar-refractivity contribution in [3.63, 3.8) is 0 Å². The Kier molecular flexibility index (Phi) is 2.42. The SMILES string of the molecule is N#CC1(C#N)[C@@H](c2ccco2)C[C@@]2(O)C[C@]1(C#N)C(=O)N2. The first kappa shape index (κ1) is 13.2. The lowest BCUT2D eigenvalue weighted by atomic mass is 9.52.